The van der Waals surface area contributed by atoms with Crippen LogP contribution in [0.15, 0.2) is 15.7 Å². The minimum absolute atomic E-state index is 0.184. The minimum Gasteiger partial charge on any atom is -0.396 e. The molecule has 0 aliphatic rings. The molecule has 6 heteroatoms. The Morgan fingerprint density at radius 3 is 3.07 bits per heavy atom. The van der Waals surface area contributed by atoms with Crippen molar-refractivity contribution >= 4 is 39.3 Å². The molecule has 1 heterocycles. The molecule has 1 unspecified atom stereocenters. The summed E-state index contributed by atoms with van der Waals surface area (Å²) in [5, 5.41) is 9.91. The molecule has 0 saturated heterocycles. The van der Waals surface area contributed by atoms with Crippen molar-refractivity contribution in [1.29, 1.82) is 0 Å². The highest BCUT2D eigenvalue weighted by atomic mass is 79.9. The third-order valence-electron chi connectivity index (χ3n) is 1.50. The monoisotopic (exact) mass is 296 g/mol. The van der Waals surface area contributed by atoms with E-state index in [1.807, 2.05) is 6.92 Å². The van der Waals surface area contributed by atoms with Crippen LogP contribution in [0.4, 0.5) is 0 Å². The average Bonchev–Trinajstić information content (AvgIpc) is 2.19. The Labute approximate surface area is 100 Å². The van der Waals surface area contributed by atoms with Gasteiger partial charge in [0.25, 0.3) is 0 Å². The number of halogens is 2. The standard InChI is InChI=1S/C8H10BrClN2OS/c1-5(3-13)4-14-7-6(9)2-11-8(10)12-7/h2,5,13H,3-4H2,1H3. The van der Waals surface area contributed by atoms with Crippen molar-refractivity contribution in [3.63, 3.8) is 0 Å². The summed E-state index contributed by atoms with van der Waals surface area (Å²) >= 11 is 10.5. The molecule has 1 N–H and O–H groups in total. The second-order valence-corrected chi connectivity index (χ2v) is 5.09. The van der Waals surface area contributed by atoms with Crippen molar-refractivity contribution in [2.45, 2.75) is 11.9 Å². The normalized spacial score (nSPS) is 12.9. The minimum atomic E-state index is 0.184. The molecule has 0 aliphatic heterocycles. The molecule has 0 bridgehead atoms. The topological polar surface area (TPSA) is 46.0 Å². The third kappa shape index (κ3) is 3.73. The zero-order valence-electron chi connectivity index (χ0n) is 7.57. The van der Waals surface area contributed by atoms with E-state index in [-0.39, 0.29) is 17.8 Å². The fourth-order valence-corrected chi connectivity index (χ4v) is 2.31. The van der Waals surface area contributed by atoms with Gasteiger partial charge in [0.1, 0.15) is 5.03 Å². The van der Waals surface area contributed by atoms with E-state index in [2.05, 4.69) is 25.9 Å². The van der Waals surface area contributed by atoms with Crippen molar-refractivity contribution in [1.82, 2.24) is 9.97 Å². The fraction of sp³-hybridized carbons (Fsp3) is 0.500. The van der Waals surface area contributed by atoms with Crippen LogP contribution >= 0.6 is 39.3 Å². The zero-order chi connectivity index (χ0) is 10.6. The molecule has 78 valence electrons. The van der Waals surface area contributed by atoms with E-state index in [9.17, 15) is 0 Å². The summed E-state index contributed by atoms with van der Waals surface area (Å²) < 4.78 is 0.831. The van der Waals surface area contributed by atoms with Crippen LogP contribution in [0.25, 0.3) is 0 Å². The maximum atomic E-state index is 8.85. The lowest BCUT2D eigenvalue weighted by Crippen LogP contribution is -2.03. The molecule has 1 atom stereocenters. The Morgan fingerprint density at radius 1 is 1.71 bits per heavy atom. The van der Waals surface area contributed by atoms with E-state index in [1.165, 1.54) is 0 Å². The smallest absolute Gasteiger partial charge is 0.223 e. The quantitative estimate of drug-likeness (QED) is 0.527. The van der Waals surface area contributed by atoms with E-state index in [4.69, 9.17) is 16.7 Å². The molecule has 1 rings (SSSR count). The lowest BCUT2D eigenvalue weighted by atomic mass is 10.2. The molecular weight excluding hydrogens is 288 g/mol. The van der Waals surface area contributed by atoms with Gasteiger partial charge in [-0.25, -0.2) is 9.97 Å². The molecule has 0 aliphatic carbocycles. The Balaban J connectivity index is 2.62. The van der Waals surface area contributed by atoms with Crippen LogP contribution in [0.5, 0.6) is 0 Å². The lowest BCUT2D eigenvalue weighted by Gasteiger charge is -2.07. The molecule has 0 radical (unpaired) electrons. The molecule has 0 spiro atoms. The number of hydrogen-bond acceptors (Lipinski definition) is 4. The van der Waals surface area contributed by atoms with Crippen LogP contribution in [-0.2, 0) is 0 Å². The summed E-state index contributed by atoms with van der Waals surface area (Å²) in [6.07, 6.45) is 1.63. The number of rotatable bonds is 4. The van der Waals surface area contributed by atoms with Crippen LogP contribution in [0.1, 0.15) is 6.92 Å². The first-order valence-corrected chi connectivity index (χ1v) is 6.21. The van der Waals surface area contributed by atoms with Gasteiger partial charge >= 0.3 is 0 Å². The first-order valence-electron chi connectivity index (χ1n) is 4.05. The largest absolute Gasteiger partial charge is 0.396 e. The maximum Gasteiger partial charge on any atom is 0.223 e. The van der Waals surface area contributed by atoms with Crippen molar-refractivity contribution in [2.75, 3.05) is 12.4 Å². The molecule has 0 fully saturated rings. The van der Waals surface area contributed by atoms with E-state index in [1.54, 1.807) is 18.0 Å². The Morgan fingerprint density at radius 2 is 2.43 bits per heavy atom. The van der Waals surface area contributed by atoms with Crippen LogP contribution < -0.4 is 0 Å². The van der Waals surface area contributed by atoms with E-state index in [0.29, 0.717) is 0 Å². The Hall–Kier alpha value is 0.160. The maximum absolute atomic E-state index is 8.85. The highest BCUT2D eigenvalue weighted by Gasteiger charge is 2.07. The summed E-state index contributed by atoms with van der Waals surface area (Å²) in [5.41, 5.74) is 0. The van der Waals surface area contributed by atoms with Gasteiger partial charge in [-0.2, -0.15) is 0 Å². The van der Waals surface area contributed by atoms with Gasteiger partial charge in [0.2, 0.25) is 5.28 Å². The van der Waals surface area contributed by atoms with Gasteiger partial charge in [-0.3, -0.25) is 0 Å². The predicted molar refractivity (Wildman–Crippen MR) is 61.7 cm³/mol. The molecule has 3 nitrogen and oxygen atoms in total. The van der Waals surface area contributed by atoms with Gasteiger partial charge in [0, 0.05) is 18.6 Å². The highest BCUT2D eigenvalue weighted by molar-refractivity contribution is 9.10. The van der Waals surface area contributed by atoms with Crippen molar-refractivity contribution in [2.24, 2.45) is 5.92 Å². The highest BCUT2D eigenvalue weighted by Crippen LogP contribution is 2.26. The number of hydrogen-bond donors (Lipinski definition) is 1. The van der Waals surface area contributed by atoms with Crippen molar-refractivity contribution in [3.8, 4) is 0 Å². The molecule has 0 aromatic carbocycles. The van der Waals surface area contributed by atoms with Crippen LogP contribution in [0, 0.1) is 5.92 Å². The van der Waals surface area contributed by atoms with Gasteiger partial charge < -0.3 is 5.11 Å². The van der Waals surface area contributed by atoms with Crippen LogP contribution in [0.3, 0.4) is 0 Å². The van der Waals surface area contributed by atoms with Crippen molar-refractivity contribution in [3.05, 3.63) is 16.0 Å². The predicted octanol–water partition coefficient (Wildman–Crippen LogP) is 2.61. The number of aliphatic hydroxyl groups is 1. The van der Waals surface area contributed by atoms with Gasteiger partial charge in [-0.05, 0) is 33.4 Å². The summed E-state index contributed by atoms with van der Waals surface area (Å²) in [6.45, 7) is 2.16. The molecular formula is C8H10BrClN2OS. The third-order valence-corrected chi connectivity index (χ3v) is 3.84. The molecule has 1 aromatic heterocycles. The fourth-order valence-electron chi connectivity index (χ4n) is 0.706. The van der Waals surface area contributed by atoms with Crippen LogP contribution in [0.2, 0.25) is 5.28 Å². The number of nitrogens with zero attached hydrogens (tertiary/aromatic N) is 2. The number of aliphatic hydroxyl groups excluding tert-OH is 1. The zero-order valence-corrected chi connectivity index (χ0v) is 10.7. The second-order valence-electron chi connectivity index (χ2n) is 2.89. The van der Waals surface area contributed by atoms with E-state index < -0.39 is 0 Å². The lowest BCUT2D eigenvalue weighted by molar-refractivity contribution is 0.250. The van der Waals surface area contributed by atoms with Gasteiger partial charge in [0.15, 0.2) is 0 Å². The second kappa shape index (κ2) is 5.90. The summed E-state index contributed by atoms with van der Waals surface area (Å²) in [7, 11) is 0. The SMILES string of the molecule is CC(CO)CSc1nc(Cl)ncc1Br. The Bertz CT molecular complexity index is 313. The first kappa shape index (κ1) is 12.2. The molecule has 0 saturated carbocycles. The van der Waals surface area contributed by atoms with E-state index in [0.717, 1.165) is 15.3 Å². The average molecular weight is 298 g/mol. The first-order chi connectivity index (χ1) is 6.63. The molecule has 14 heavy (non-hydrogen) atoms. The van der Waals surface area contributed by atoms with E-state index >= 15 is 0 Å². The summed E-state index contributed by atoms with van der Waals surface area (Å²) in [6, 6.07) is 0. The number of thioether (sulfide) groups is 1. The Kier molecular flexibility index (Phi) is 5.15. The van der Waals surface area contributed by atoms with Gasteiger partial charge in [0.05, 0.1) is 4.47 Å². The summed E-state index contributed by atoms with van der Waals surface area (Å²) in [4.78, 5) is 7.90. The summed E-state index contributed by atoms with van der Waals surface area (Å²) in [5.74, 6) is 1.06. The van der Waals surface area contributed by atoms with Gasteiger partial charge in [-0.1, -0.05) is 6.92 Å². The number of aromatic nitrogens is 2. The molecule has 0 amide bonds. The van der Waals surface area contributed by atoms with Gasteiger partial charge in [-0.15, -0.1) is 11.8 Å². The molecule has 1 aromatic rings. The van der Waals surface area contributed by atoms with Crippen molar-refractivity contribution < 1.29 is 5.11 Å². The van der Waals surface area contributed by atoms with Crippen LogP contribution in [-0.4, -0.2) is 27.4 Å².